The molecule has 10 heteroatoms. The van der Waals surface area contributed by atoms with Crippen LogP contribution in [0.5, 0.6) is 11.5 Å². The van der Waals surface area contributed by atoms with Gasteiger partial charge >= 0.3 is 0 Å². The molecule has 0 bridgehead atoms. The van der Waals surface area contributed by atoms with Crippen LogP contribution in [0.15, 0.2) is 77.5 Å². The molecule has 0 radical (unpaired) electrons. The molecule has 8 nitrogen and oxygen atoms in total. The number of para-hydroxylation sites is 1. The molecule has 2 unspecified atom stereocenters. The summed E-state index contributed by atoms with van der Waals surface area (Å²) in [4.78, 5) is 18.4. The van der Waals surface area contributed by atoms with Gasteiger partial charge in [-0.05, 0) is 49.1 Å². The molecule has 0 spiro atoms. The number of halogens is 1. The monoisotopic (exact) mass is 554 g/mol. The zero-order chi connectivity index (χ0) is 28.3. The number of hydrogen-bond acceptors (Lipinski definition) is 8. The van der Waals surface area contributed by atoms with Crippen molar-refractivity contribution < 1.29 is 32.2 Å². The van der Waals surface area contributed by atoms with Gasteiger partial charge in [0, 0.05) is 29.1 Å². The Balaban J connectivity index is 1.89. The SMILES string of the molecule is COc1cccc(OC)c1N1C(CCC(C)C)=CC(=O)C(S(=O)(=O)c2ccccc2-c2ccc(F)nc2)C1O. The summed E-state index contributed by atoms with van der Waals surface area (Å²) in [6.07, 6.45) is 1.81. The van der Waals surface area contributed by atoms with Crippen LogP contribution in [-0.2, 0) is 14.6 Å². The molecule has 1 aliphatic rings. The van der Waals surface area contributed by atoms with E-state index in [2.05, 4.69) is 4.98 Å². The highest BCUT2D eigenvalue weighted by Crippen LogP contribution is 2.44. The van der Waals surface area contributed by atoms with Gasteiger partial charge in [0.05, 0.1) is 19.1 Å². The first kappa shape index (κ1) is 28.3. The molecule has 1 aliphatic heterocycles. The van der Waals surface area contributed by atoms with Crippen molar-refractivity contribution in [1.82, 2.24) is 4.98 Å². The molecule has 4 rings (SSSR count). The maximum atomic E-state index is 14.1. The highest BCUT2D eigenvalue weighted by Gasteiger charge is 2.47. The molecule has 2 atom stereocenters. The third-order valence-electron chi connectivity index (χ3n) is 6.62. The number of methoxy groups -OCH3 is 2. The van der Waals surface area contributed by atoms with Gasteiger partial charge in [0.2, 0.25) is 5.95 Å². The van der Waals surface area contributed by atoms with Crippen molar-refractivity contribution in [3.05, 3.63) is 78.5 Å². The van der Waals surface area contributed by atoms with Gasteiger partial charge in [-0.3, -0.25) is 4.79 Å². The van der Waals surface area contributed by atoms with E-state index in [-0.39, 0.29) is 16.4 Å². The first-order chi connectivity index (χ1) is 18.6. The Morgan fingerprint density at radius 1 is 1.03 bits per heavy atom. The summed E-state index contributed by atoms with van der Waals surface area (Å²) in [5.41, 5.74) is 1.35. The number of anilines is 1. The van der Waals surface area contributed by atoms with Crippen molar-refractivity contribution in [1.29, 1.82) is 0 Å². The molecule has 2 aromatic carbocycles. The van der Waals surface area contributed by atoms with Gasteiger partial charge in [-0.2, -0.15) is 4.39 Å². The molecule has 0 fully saturated rings. The molecule has 0 aliphatic carbocycles. The minimum atomic E-state index is -4.47. The van der Waals surface area contributed by atoms with Gasteiger partial charge in [-0.15, -0.1) is 0 Å². The number of ketones is 1. The minimum Gasteiger partial charge on any atom is -0.494 e. The fourth-order valence-electron chi connectivity index (χ4n) is 4.68. The molecule has 39 heavy (non-hydrogen) atoms. The number of allylic oxidation sites excluding steroid dienone is 2. The normalized spacial score (nSPS) is 17.8. The number of aliphatic hydroxyl groups is 1. The molecule has 0 amide bonds. The maximum Gasteiger partial charge on any atom is 0.212 e. The lowest BCUT2D eigenvalue weighted by atomic mass is 9.99. The van der Waals surface area contributed by atoms with E-state index in [0.717, 1.165) is 6.07 Å². The Morgan fingerprint density at radius 2 is 1.69 bits per heavy atom. The van der Waals surface area contributed by atoms with Crippen molar-refractivity contribution in [3.8, 4) is 22.6 Å². The number of sulfone groups is 1. The predicted molar refractivity (Wildman–Crippen MR) is 146 cm³/mol. The number of aromatic nitrogens is 1. The number of pyridine rings is 1. The molecule has 3 aromatic rings. The average Bonchev–Trinajstić information content (AvgIpc) is 2.91. The Hall–Kier alpha value is -3.76. The zero-order valence-corrected chi connectivity index (χ0v) is 23.0. The van der Waals surface area contributed by atoms with Crippen LogP contribution in [0.4, 0.5) is 10.1 Å². The summed E-state index contributed by atoms with van der Waals surface area (Å²) in [6, 6.07) is 13.6. The number of carbonyl (C=O) groups excluding carboxylic acids is 1. The summed E-state index contributed by atoms with van der Waals surface area (Å²) in [5.74, 6) is -0.479. The summed E-state index contributed by atoms with van der Waals surface area (Å²) in [6.45, 7) is 4.06. The van der Waals surface area contributed by atoms with Crippen LogP contribution < -0.4 is 14.4 Å². The fraction of sp³-hybridized carbons (Fsp3) is 0.310. The van der Waals surface area contributed by atoms with Crippen molar-refractivity contribution in [2.45, 2.75) is 43.1 Å². The van der Waals surface area contributed by atoms with Crippen LogP contribution >= 0.6 is 0 Å². The Labute approximate surface area is 227 Å². The van der Waals surface area contributed by atoms with E-state index in [4.69, 9.17) is 9.47 Å². The first-order valence-corrected chi connectivity index (χ1v) is 14.0. The number of aliphatic hydroxyl groups excluding tert-OH is 1. The average molecular weight is 555 g/mol. The summed E-state index contributed by atoms with van der Waals surface area (Å²) >= 11 is 0. The van der Waals surface area contributed by atoms with Gasteiger partial charge in [-0.1, -0.05) is 38.1 Å². The van der Waals surface area contributed by atoms with Crippen LogP contribution in [-0.4, -0.2) is 50.0 Å². The van der Waals surface area contributed by atoms with Gasteiger partial charge in [-0.25, -0.2) is 13.4 Å². The second-order valence-electron chi connectivity index (χ2n) is 9.60. The van der Waals surface area contributed by atoms with E-state index in [0.29, 0.717) is 41.3 Å². The summed E-state index contributed by atoms with van der Waals surface area (Å²) in [5, 5.41) is 9.88. The number of hydrogen-bond donors (Lipinski definition) is 1. The van der Waals surface area contributed by atoms with Gasteiger partial charge < -0.3 is 19.5 Å². The van der Waals surface area contributed by atoms with E-state index >= 15 is 0 Å². The Morgan fingerprint density at radius 3 is 2.28 bits per heavy atom. The molecule has 0 saturated carbocycles. The van der Waals surface area contributed by atoms with Gasteiger partial charge in [0.25, 0.3) is 0 Å². The molecular formula is C29H31FN2O6S. The summed E-state index contributed by atoms with van der Waals surface area (Å²) in [7, 11) is -1.56. The van der Waals surface area contributed by atoms with E-state index in [1.807, 2.05) is 13.8 Å². The zero-order valence-electron chi connectivity index (χ0n) is 22.2. The Kier molecular flexibility index (Phi) is 8.36. The molecule has 1 aromatic heterocycles. The van der Waals surface area contributed by atoms with Gasteiger partial charge in [0.15, 0.2) is 27.1 Å². The predicted octanol–water partition coefficient (Wildman–Crippen LogP) is 4.78. The van der Waals surface area contributed by atoms with E-state index in [1.54, 1.807) is 30.3 Å². The van der Waals surface area contributed by atoms with Crippen molar-refractivity contribution in [2.75, 3.05) is 19.1 Å². The molecular weight excluding hydrogens is 523 g/mol. The quantitative estimate of drug-likeness (QED) is 0.377. The third kappa shape index (κ3) is 5.53. The van der Waals surface area contributed by atoms with Crippen LogP contribution in [0.2, 0.25) is 0 Å². The second kappa shape index (κ2) is 11.5. The molecule has 206 valence electrons. The van der Waals surface area contributed by atoms with Crippen LogP contribution in [0, 0.1) is 11.9 Å². The highest BCUT2D eigenvalue weighted by atomic mass is 32.2. The molecule has 1 N–H and O–H groups in total. The van der Waals surface area contributed by atoms with Crippen LogP contribution in [0.3, 0.4) is 0 Å². The fourth-order valence-corrected chi connectivity index (χ4v) is 6.53. The molecule has 2 heterocycles. The van der Waals surface area contributed by atoms with Gasteiger partial charge in [0.1, 0.15) is 17.2 Å². The van der Waals surface area contributed by atoms with Crippen LogP contribution in [0.25, 0.3) is 11.1 Å². The lowest BCUT2D eigenvalue weighted by Crippen LogP contribution is -2.54. The largest absolute Gasteiger partial charge is 0.494 e. The number of nitrogens with zero attached hydrogens (tertiary/aromatic N) is 2. The second-order valence-corrected chi connectivity index (χ2v) is 11.6. The lowest BCUT2D eigenvalue weighted by Gasteiger charge is -2.40. The third-order valence-corrected chi connectivity index (χ3v) is 8.73. The number of carbonyl (C=O) groups is 1. The van der Waals surface area contributed by atoms with Crippen LogP contribution in [0.1, 0.15) is 26.7 Å². The summed E-state index contributed by atoms with van der Waals surface area (Å²) < 4.78 is 52.8. The first-order valence-electron chi connectivity index (χ1n) is 12.5. The van der Waals surface area contributed by atoms with E-state index < -0.39 is 33.0 Å². The number of rotatable bonds is 9. The maximum absolute atomic E-state index is 14.1. The van der Waals surface area contributed by atoms with E-state index in [1.165, 1.54) is 49.6 Å². The standard InChI is InChI=1S/C29H31FN2O6S/c1-18(2)12-14-20-16-22(33)28(29(34)32(20)27-23(37-3)9-7-10-24(27)38-4)39(35,36)25-11-6-5-8-21(25)19-13-15-26(30)31-17-19/h5-11,13,15-18,28-29,34H,12,14H2,1-4H3. The number of ether oxygens (including phenoxy) is 2. The van der Waals surface area contributed by atoms with Crippen molar-refractivity contribution in [2.24, 2.45) is 5.92 Å². The Bertz CT molecular complexity index is 1470. The molecule has 0 saturated heterocycles. The number of benzene rings is 2. The lowest BCUT2D eigenvalue weighted by molar-refractivity contribution is -0.116. The minimum absolute atomic E-state index is 0.179. The van der Waals surface area contributed by atoms with E-state index in [9.17, 15) is 22.7 Å². The van der Waals surface area contributed by atoms with Crippen molar-refractivity contribution >= 4 is 21.3 Å². The van der Waals surface area contributed by atoms with Crippen molar-refractivity contribution in [3.63, 3.8) is 0 Å². The smallest absolute Gasteiger partial charge is 0.212 e. The highest BCUT2D eigenvalue weighted by molar-refractivity contribution is 7.93. The topological polar surface area (TPSA) is 106 Å².